The second-order valence-corrected chi connectivity index (χ2v) is 8.77. The fraction of sp³-hybridized carbons (Fsp3) is 0.462. The lowest BCUT2D eigenvalue weighted by Crippen LogP contribution is -2.54. The normalized spacial score (nSPS) is 18.9. The van der Waals surface area contributed by atoms with Crippen LogP contribution in [-0.2, 0) is 21.4 Å². The van der Waals surface area contributed by atoms with Gasteiger partial charge in [-0.25, -0.2) is 0 Å². The Bertz CT molecular complexity index is 836. The first-order chi connectivity index (χ1) is 14.7. The molecule has 1 N–H and O–H groups in total. The molecular formula is C26H32N2O2. The van der Waals surface area contributed by atoms with Crippen molar-refractivity contribution in [2.24, 2.45) is 0 Å². The average molecular weight is 405 g/mol. The zero-order valence-electron chi connectivity index (χ0n) is 17.7. The number of hydrogen-bond donors (Lipinski definition) is 1. The zero-order chi connectivity index (χ0) is 20.8. The monoisotopic (exact) mass is 404 g/mol. The Kier molecular flexibility index (Phi) is 6.51. The zero-order valence-corrected chi connectivity index (χ0v) is 17.7. The molecule has 4 rings (SSSR count). The smallest absolute Gasteiger partial charge is 0.231 e. The lowest BCUT2D eigenvalue weighted by Gasteiger charge is -2.41. The molecule has 4 heteroatoms. The first kappa shape index (κ1) is 20.6. The SMILES string of the molecule is O=C(CCc1ccccc1)N1CCC(C(=O)NC2CCCC2)(c2ccccc2)CC1. The molecule has 2 aromatic carbocycles. The van der Waals surface area contributed by atoms with Crippen LogP contribution in [0, 0.1) is 0 Å². The van der Waals surface area contributed by atoms with E-state index in [1.807, 2.05) is 41.3 Å². The highest BCUT2D eigenvalue weighted by Gasteiger charge is 2.44. The van der Waals surface area contributed by atoms with Gasteiger partial charge in [0.25, 0.3) is 0 Å². The number of benzene rings is 2. The van der Waals surface area contributed by atoms with Gasteiger partial charge in [-0.2, -0.15) is 0 Å². The Morgan fingerprint density at radius 1 is 0.900 bits per heavy atom. The second-order valence-electron chi connectivity index (χ2n) is 8.77. The van der Waals surface area contributed by atoms with Crippen LogP contribution in [0.1, 0.15) is 56.1 Å². The number of carbonyl (C=O) groups is 2. The third-order valence-corrected chi connectivity index (χ3v) is 6.89. The van der Waals surface area contributed by atoms with Crippen molar-refractivity contribution in [2.45, 2.75) is 62.8 Å². The van der Waals surface area contributed by atoms with Gasteiger partial charge in [-0.05, 0) is 43.2 Å². The fourth-order valence-corrected chi connectivity index (χ4v) is 4.99. The third-order valence-electron chi connectivity index (χ3n) is 6.89. The molecule has 158 valence electrons. The Hall–Kier alpha value is -2.62. The van der Waals surface area contributed by atoms with Gasteiger partial charge in [0.2, 0.25) is 11.8 Å². The van der Waals surface area contributed by atoms with Crippen LogP contribution in [0.15, 0.2) is 60.7 Å². The number of rotatable bonds is 6. The van der Waals surface area contributed by atoms with Crippen molar-refractivity contribution >= 4 is 11.8 Å². The molecule has 0 bridgehead atoms. The number of nitrogens with zero attached hydrogens (tertiary/aromatic N) is 1. The Morgan fingerprint density at radius 3 is 2.13 bits per heavy atom. The number of likely N-dealkylation sites (tertiary alicyclic amines) is 1. The van der Waals surface area contributed by atoms with Crippen LogP contribution in [0.4, 0.5) is 0 Å². The molecule has 0 unspecified atom stereocenters. The first-order valence-corrected chi connectivity index (χ1v) is 11.4. The van der Waals surface area contributed by atoms with E-state index in [9.17, 15) is 9.59 Å². The summed E-state index contributed by atoms with van der Waals surface area (Å²) in [6.07, 6.45) is 7.24. The van der Waals surface area contributed by atoms with Crippen LogP contribution in [0.3, 0.4) is 0 Å². The van der Waals surface area contributed by atoms with Crippen molar-refractivity contribution in [1.29, 1.82) is 0 Å². The number of nitrogens with one attached hydrogen (secondary N) is 1. The quantitative estimate of drug-likeness (QED) is 0.783. The average Bonchev–Trinajstić information content (AvgIpc) is 3.32. The summed E-state index contributed by atoms with van der Waals surface area (Å²) in [7, 11) is 0. The molecule has 1 heterocycles. The number of piperidine rings is 1. The van der Waals surface area contributed by atoms with Crippen LogP contribution in [0.25, 0.3) is 0 Å². The summed E-state index contributed by atoms with van der Waals surface area (Å²) in [4.78, 5) is 28.2. The maximum atomic E-state index is 13.4. The second kappa shape index (κ2) is 9.46. The van der Waals surface area contributed by atoms with Gasteiger partial charge in [0, 0.05) is 25.6 Å². The highest BCUT2D eigenvalue weighted by Crippen LogP contribution is 2.37. The van der Waals surface area contributed by atoms with E-state index in [0.29, 0.717) is 38.4 Å². The predicted molar refractivity (Wildman–Crippen MR) is 119 cm³/mol. The molecule has 2 aromatic rings. The van der Waals surface area contributed by atoms with Crippen LogP contribution >= 0.6 is 0 Å². The summed E-state index contributed by atoms with van der Waals surface area (Å²) in [5.74, 6) is 0.341. The molecule has 1 saturated carbocycles. The van der Waals surface area contributed by atoms with Gasteiger partial charge >= 0.3 is 0 Å². The van der Waals surface area contributed by atoms with E-state index >= 15 is 0 Å². The van der Waals surface area contributed by atoms with E-state index in [1.54, 1.807) is 0 Å². The van der Waals surface area contributed by atoms with E-state index < -0.39 is 5.41 Å². The van der Waals surface area contributed by atoms with Crippen LogP contribution in [0.2, 0.25) is 0 Å². The predicted octanol–water partition coefficient (Wildman–Crippen LogP) is 4.24. The van der Waals surface area contributed by atoms with E-state index in [2.05, 4.69) is 29.6 Å². The van der Waals surface area contributed by atoms with Gasteiger partial charge in [-0.1, -0.05) is 73.5 Å². The van der Waals surface area contributed by atoms with Crippen LogP contribution in [0.5, 0.6) is 0 Å². The Balaban J connectivity index is 1.42. The van der Waals surface area contributed by atoms with E-state index in [-0.39, 0.29) is 11.8 Å². The maximum Gasteiger partial charge on any atom is 0.231 e. The highest BCUT2D eigenvalue weighted by atomic mass is 16.2. The van der Waals surface area contributed by atoms with Gasteiger partial charge in [0.1, 0.15) is 0 Å². The minimum atomic E-state index is -0.528. The minimum absolute atomic E-state index is 0.150. The summed E-state index contributed by atoms with van der Waals surface area (Å²) in [5, 5.41) is 3.34. The first-order valence-electron chi connectivity index (χ1n) is 11.4. The molecule has 2 amide bonds. The van der Waals surface area contributed by atoms with Crippen LogP contribution in [-0.4, -0.2) is 35.8 Å². The standard InChI is InChI=1S/C26H32N2O2/c29-24(16-15-21-9-3-1-4-10-21)28-19-17-26(18-20-28,22-11-5-2-6-12-22)25(30)27-23-13-7-8-14-23/h1-6,9-12,23H,7-8,13-20H2,(H,27,30). The highest BCUT2D eigenvalue weighted by molar-refractivity contribution is 5.89. The third kappa shape index (κ3) is 4.58. The van der Waals surface area contributed by atoms with E-state index in [1.165, 1.54) is 18.4 Å². The summed E-state index contributed by atoms with van der Waals surface area (Å²) >= 11 is 0. The lowest BCUT2D eigenvalue weighted by atomic mass is 9.71. The molecular weight excluding hydrogens is 372 g/mol. The number of aryl methyl sites for hydroxylation is 1. The van der Waals surface area contributed by atoms with E-state index in [4.69, 9.17) is 0 Å². The summed E-state index contributed by atoms with van der Waals surface area (Å²) in [6.45, 7) is 1.28. The van der Waals surface area contributed by atoms with E-state index in [0.717, 1.165) is 24.8 Å². The largest absolute Gasteiger partial charge is 0.353 e. The molecule has 2 aliphatic rings. The summed E-state index contributed by atoms with van der Waals surface area (Å²) in [6, 6.07) is 20.6. The number of carbonyl (C=O) groups excluding carboxylic acids is 2. The number of hydrogen-bond acceptors (Lipinski definition) is 2. The molecule has 30 heavy (non-hydrogen) atoms. The molecule has 2 fully saturated rings. The molecule has 1 aliphatic heterocycles. The summed E-state index contributed by atoms with van der Waals surface area (Å²) < 4.78 is 0. The van der Waals surface area contributed by atoms with Crippen molar-refractivity contribution in [3.8, 4) is 0 Å². The van der Waals surface area contributed by atoms with Crippen molar-refractivity contribution in [3.05, 3.63) is 71.8 Å². The molecule has 1 aliphatic carbocycles. The van der Waals surface area contributed by atoms with Crippen molar-refractivity contribution in [1.82, 2.24) is 10.2 Å². The van der Waals surface area contributed by atoms with Gasteiger partial charge in [0.15, 0.2) is 0 Å². The van der Waals surface area contributed by atoms with Gasteiger partial charge in [0.05, 0.1) is 5.41 Å². The Morgan fingerprint density at radius 2 is 1.50 bits per heavy atom. The fourth-order valence-electron chi connectivity index (χ4n) is 4.99. The number of amides is 2. The molecule has 0 atom stereocenters. The minimum Gasteiger partial charge on any atom is -0.353 e. The molecule has 4 nitrogen and oxygen atoms in total. The lowest BCUT2D eigenvalue weighted by molar-refractivity contribution is -0.137. The Labute approximate surface area is 179 Å². The maximum absolute atomic E-state index is 13.4. The van der Waals surface area contributed by atoms with Crippen molar-refractivity contribution in [2.75, 3.05) is 13.1 Å². The van der Waals surface area contributed by atoms with Crippen LogP contribution < -0.4 is 5.32 Å². The molecule has 0 aromatic heterocycles. The van der Waals surface area contributed by atoms with Gasteiger partial charge in [-0.15, -0.1) is 0 Å². The molecule has 0 spiro atoms. The van der Waals surface area contributed by atoms with Crippen molar-refractivity contribution < 1.29 is 9.59 Å². The van der Waals surface area contributed by atoms with Gasteiger partial charge < -0.3 is 10.2 Å². The summed E-state index contributed by atoms with van der Waals surface area (Å²) in [5.41, 5.74) is 1.74. The molecule has 1 saturated heterocycles. The van der Waals surface area contributed by atoms with Gasteiger partial charge in [-0.3, -0.25) is 9.59 Å². The topological polar surface area (TPSA) is 49.4 Å². The van der Waals surface area contributed by atoms with Crippen molar-refractivity contribution in [3.63, 3.8) is 0 Å². The molecule has 0 radical (unpaired) electrons.